The third-order valence-electron chi connectivity index (χ3n) is 4.32. The standard InChI is InChI=1S/C14H19F2N3/c1-9-7-18-4-2-3-11(18)8-19(9)13-6-10(15)5-12(16)14(13)17/h5-6,9,11H,2-4,7-8,17H2,1H3. The van der Waals surface area contributed by atoms with E-state index < -0.39 is 11.6 Å². The summed E-state index contributed by atoms with van der Waals surface area (Å²) in [6.07, 6.45) is 2.36. The summed E-state index contributed by atoms with van der Waals surface area (Å²) in [7, 11) is 0. The van der Waals surface area contributed by atoms with E-state index in [4.69, 9.17) is 5.73 Å². The first kappa shape index (κ1) is 12.7. The van der Waals surface area contributed by atoms with E-state index in [0.29, 0.717) is 11.7 Å². The highest BCUT2D eigenvalue weighted by molar-refractivity contribution is 5.69. The number of nitrogens with two attached hydrogens (primary N) is 1. The lowest BCUT2D eigenvalue weighted by Crippen LogP contribution is -2.55. The van der Waals surface area contributed by atoms with Gasteiger partial charge in [0.15, 0.2) is 5.82 Å². The summed E-state index contributed by atoms with van der Waals surface area (Å²) in [5, 5.41) is 0. The van der Waals surface area contributed by atoms with Crippen molar-refractivity contribution in [3.63, 3.8) is 0 Å². The molecule has 3 nitrogen and oxygen atoms in total. The second kappa shape index (κ2) is 4.63. The van der Waals surface area contributed by atoms with Crippen molar-refractivity contribution >= 4 is 11.4 Å². The molecule has 1 aromatic rings. The zero-order valence-electron chi connectivity index (χ0n) is 11.1. The summed E-state index contributed by atoms with van der Waals surface area (Å²) in [6, 6.07) is 2.90. The molecule has 0 spiro atoms. The van der Waals surface area contributed by atoms with Gasteiger partial charge in [0, 0.05) is 31.2 Å². The van der Waals surface area contributed by atoms with Crippen molar-refractivity contribution in [3.8, 4) is 0 Å². The molecule has 2 unspecified atom stereocenters. The van der Waals surface area contributed by atoms with Crippen LogP contribution in [0.2, 0.25) is 0 Å². The molecule has 2 heterocycles. The van der Waals surface area contributed by atoms with Crippen LogP contribution in [0.1, 0.15) is 19.8 Å². The van der Waals surface area contributed by atoms with Gasteiger partial charge in [0.2, 0.25) is 0 Å². The van der Waals surface area contributed by atoms with E-state index in [-0.39, 0.29) is 11.7 Å². The quantitative estimate of drug-likeness (QED) is 0.792. The Hall–Kier alpha value is -1.36. The molecule has 0 bridgehead atoms. The van der Waals surface area contributed by atoms with Gasteiger partial charge < -0.3 is 10.6 Å². The molecule has 2 atom stereocenters. The van der Waals surface area contributed by atoms with E-state index in [1.54, 1.807) is 0 Å². The lowest BCUT2D eigenvalue weighted by Gasteiger charge is -2.44. The Morgan fingerprint density at radius 2 is 2.05 bits per heavy atom. The highest BCUT2D eigenvalue weighted by atomic mass is 19.1. The lowest BCUT2D eigenvalue weighted by molar-refractivity contribution is 0.203. The Bertz CT molecular complexity index is 492. The SMILES string of the molecule is CC1CN2CCCC2CN1c1cc(F)cc(F)c1N. The summed E-state index contributed by atoms with van der Waals surface area (Å²) in [5.41, 5.74) is 6.34. The maximum atomic E-state index is 13.6. The Balaban J connectivity index is 1.93. The van der Waals surface area contributed by atoms with Gasteiger partial charge in [-0.3, -0.25) is 4.90 Å². The van der Waals surface area contributed by atoms with Crippen molar-refractivity contribution in [2.24, 2.45) is 0 Å². The van der Waals surface area contributed by atoms with Gasteiger partial charge in [-0.2, -0.15) is 0 Å². The molecule has 19 heavy (non-hydrogen) atoms. The van der Waals surface area contributed by atoms with Crippen LogP contribution in [0.5, 0.6) is 0 Å². The van der Waals surface area contributed by atoms with Crippen LogP contribution < -0.4 is 10.6 Å². The van der Waals surface area contributed by atoms with Gasteiger partial charge in [0.1, 0.15) is 5.82 Å². The second-order valence-electron chi connectivity index (χ2n) is 5.61. The number of piperazine rings is 1. The molecule has 0 aromatic heterocycles. The molecule has 0 saturated carbocycles. The molecule has 3 rings (SSSR count). The third kappa shape index (κ3) is 2.16. The number of fused-ring (bicyclic) bond motifs is 1. The predicted molar refractivity (Wildman–Crippen MR) is 72.2 cm³/mol. The Morgan fingerprint density at radius 1 is 1.26 bits per heavy atom. The van der Waals surface area contributed by atoms with Gasteiger partial charge in [-0.25, -0.2) is 8.78 Å². The van der Waals surface area contributed by atoms with Crippen LogP contribution in [-0.2, 0) is 0 Å². The molecule has 0 aliphatic carbocycles. The fourth-order valence-corrected chi connectivity index (χ4v) is 3.33. The first-order chi connectivity index (χ1) is 9.06. The van der Waals surface area contributed by atoms with Gasteiger partial charge in [-0.15, -0.1) is 0 Å². The minimum Gasteiger partial charge on any atom is -0.395 e. The lowest BCUT2D eigenvalue weighted by atomic mass is 10.1. The number of rotatable bonds is 1. The van der Waals surface area contributed by atoms with Gasteiger partial charge in [-0.05, 0) is 32.4 Å². The first-order valence-corrected chi connectivity index (χ1v) is 6.81. The molecule has 2 N–H and O–H groups in total. The van der Waals surface area contributed by atoms with Gasteiger partial charge in [-0.1, -0.05) is 0 Å². The van der Waals surface area contributed by atoms with Gasteiger partial charge in [0.05, 0.1) is 11.4 Å². The summed E-state index contributed by atoms with van der Waals surface area (Å²) in [4.78, 5) is 4.51. The first-order valence-electron chi connectivity index (χ1n) is 6.81. The molecule has 0 radical (unpaired) electrons. The highest BCUT2D eigenvalue weighted by Gasteiger charge is 2.35. The number of hydrogen-bond acceptors (Lipinski definition) is 3. The summed E-state index contributed by atoms with van der Waals surface area (Å²) < 4.78 is 27.0. The molecule has 5 heteroatoms. The molecule has 0 amide bonds. The van der Waals surface area contributed by atoms with Crippen molar-refractivity contribution in [2.45, 2.75) is 31.8 Å². The van der Waals surface area contributed by atoms with E-state index in [0.717, 1.165) is 32.1 Å². The summed E-state index contributed by atoms with van der Waals surface area (Å²) in [5.74, 6) is -1.24. The summed E-state index contributed by atoms with van der Waals surface area (Å²) in [6.45, 7) is 4.95. The number of benzene rings is 1. The average Bonchev–Trinajstić information content (AvgIpc) is 2.80. The van der Waals surface area contributed by atoms with Gasteiger partial charge >= 0.3 is 0 Å². The van der Waals surface area contributed by atoms with Crippen molar-refractivity contribution in [3.05, 3.63) is 23.8 Å². The number of nitrogen functional groups attached to an aromatic ring is 1. The zero-order chi connectivity index (χ0) is 13.6. The van der Waals surface area contributed by atoms with E-state index in [1.807, 2.05) is 4.90 Å². The topological polar surface area (TPSA) is 32.5 Å². The Labute approximate surface area is 112 Å². The van der Waals surface area contributed by atoms with E-state index in [9.17, 15) is 8.78 Å². The van der Waals surface area contributed by atoms with Gasteiger partial charge in [0.25, 0.3) is 0 Å². The van der Waals surface area contributed by atoms with Crippen molar-refractivity contribution in [1.29, 1.82) is 0 Å². The molecule has 2 saturated heterocycles. The number of anilines is 2. The molecule has 2 aliphatic heterocycles. The maximum absolute atomic E-state index is 13.6. The normalized spacial score (nSPS) is 27.6. The van der Waals surface area contributed by atoms with E-state index >= 15 is 0 Å². The molecule has 104 valence electrons. The highest BCUT2D eigenvalue weighted by Crippen LogP contribution is 2.33. The summed E-state index contributed by atoms with van der Waals surface area (Å²) >= 11 is 0. The zero-order valence-corrected chi connectivity index (χ0v) is 11.1. The maximum Gasteiger partial charge on any atom is 0.151 e. The van der Waals surface area contributed by atoms with Crippen LogP contribution in [0.15, 0.2) is 12.1 Å². The smallest absolute Gasteiger partial charge is 0.151 e. The largest absolute Gasteiger partial charge is 0.395 e. The minimum atomic E-state index is -0.670. The van der Waals surface area contributed by atoms with E-state index in [2.05, 4.69) is 11.8 Å². The van der Waals surface area contributed by atoms with Crippen molar-refractivity contribution in [2.75, 3.05) is 30.3 Å². The fraction of sp³-hybridized carbons (Fsp3) is 0.571. The third-order valence-corrected chi connectivity index (χ3v) is 4.32. The minimum absolute atomic E-state index is 0.0553. The Kier molecular flexibility index (Phi) is 3.09. The average molecular weight is 267 g/mol. The van der Waals surface area contributed by atoms with Crippen molar-refractivity contribution in [1.82, 2.24) is 4.90 Å². The van der Waals surface area contributed by atoms with Crippen LogP contribution in [0.25, 0.3) is 0 Å². The van der Waals surface area contributed by atoms with Crippen molar-refractivity contribution < 1.29 is 8.78 Å². The molecule has 1 aromatic carbocycles. The predicted octanol–water partition coefficient (Wildman–Crippen LogP) is 2.22. The number of halogens is 2. The molecule has 2 fully saturated rings. The number of nitrogens with zero attached hydrogens (tertiary/aromatic N) is 2. The monoisotopic (exact) mass is 267 g/mol. The van der Waals surface area contributed by atoms with Crippen LogP contribution in [0.4, 0.5) is 20.2 Å². The number of hydrogen-bond donors (Lipinski definition) is 1. The fourth-order valence-electron chi connectivity index (χ4n) is 3.33. The van der Waals surface area contributed by atoms with E-state index in [1.165, 1.54) is 12.5 Å². The van der Waals surface area contributed by atoms with Crippen LogP contribution in [0, 0.1) is 11.6 Å². The molecular formula is C14H19F2N3. The van der Waals surface area contributed by atoms with Crippen LogP contribution >= 0.6 is 0 Å². The Morgan fingerprint density at radius 3 is 2.84 bits per heavy atom. The molecule has 2 aliphatic rings. The molecular weight excluding hydrogens is 248 g/mol. The van der Waals surface area contributed by atoms with Crippen LogP contribution in [0.3, 0.4) is 0 Å². The van der Waals surface area contributed by atoms with Crippen LogP contribution in [-0.4, -0.2) is 36.6 Å². The second-order valence-corrected chi connectivity index (χ2v) is 5.61.